The Morgan fingerprint density at radius 2 is 2.06 bits per heavy atom. The minimum atomic E-state index is 0.802. The third-order valence-electron chi connectivity index (χ3n) is 3.65. The number of rotatable bonds is 6. The Hall–Kier alpha value is -1.16. The van der Waals surface area contributed by atoms with Crippen molar-refractivity contribution in [1.82, 2.24) is 15.3 Å². The lowest BCUT2D eigenvalue weighted by atomic mass is 10.1. The smallest absolute Gasteiger partial charge is 0.146 e. The molecular weight excluding hydrogens is 224 g/mol. The number of hydrogen-bond donors (Lipinski definition) is 1. The van der Waals surface area contributed by atoms with Crippen LogP contribution in [0.4, 0.5) is 5.82 Å². The SMILES string of the molecule is CCNCc1cnc(N(C)CC2CCCC2)cn1. The van der Waals surface area contributed by atoms with E-state index in [1.165, 1.54) is 25.7 Å². The van der Waals surface area contributed by atoms with Gasteiger partial charge in [0.1, 0.15) is 5.82 Å². The van der Waals surface area contributed by atoms with E-state index in [0.29, 0.717) is 0 Å². The van der Waals surface area contributed by atoms with Gasteiger partial charge < -0.3 is 10.2 Å². The van der Waals surface area contributed by atoms with Crippen molar-refractivity contribution in [3.05, 3.63) is 18.1 Å². The molecule has 4 heteroatoms. The molecule has 0 aromatic carbocycles. The summed E-state index contributed by atoms with van der Waals surface area (Å²) in [5.74, 6) is 1.83. The quantitative estimate of drug-likeness (QED) is 0.838. The fourth-order valence-corrected chi connectivity index (χ4v) is 2.56. The maximum atomic E-state index is 4.50. The molecule has 0 bridgehead atoms. The van der Waals surface area contributed by atoms with E-state index in [4.69, 9.17) is 0 Å². The molecule has 1 heterocycles. The minimum Gasteiger partial charge on any atom is -0.358 e. The van der Waals surface area contributed by atoms with E-state index >= 15 is 0 Å². The summed E-state index contributed by atoms with van der Waals surface area (Å²) < 4.78 is 0. The molecule has 1 aromatic rings. The first-order chi connectivity index (χ1) is 8.79. The van der Waals surface area contributed by atoms with Crippen molar-refractivity contribution in [2.45, 2.75) is 39.2 Å². The van der Waals surface area contributed by atoms with Gasteiger partial charge in [0, 0.05) is 20.1 Å². The highest BCUT2D eigenvalue weighted by atomic mass is 15.2. The highest BCUT2D eigenvalue weighted by Crippen LogP contribution is 2.26. The normalized spacial score (nSPS) is 16.1. The molecule has 4 nitrogen and oxygen atoms in total. The van der Waals surface area contributed by atoms with Gasteiger partial charge in [0.2, 0.25) is 0 Å². The lowest BCUT2D eigenvalue weighted by Crippen LogP contribution is -2.25. The Balaban J connectivity index is 1.87. The van der Waals surface area contributed by atoms with E-state index in [1.54, 1.807) is 0 Å². The van der Waals surface area contributed by atoms with Crippen LogP contribution in [0.15, 0.2) is 12.4 Å². The lowest BCUT2D eigenvalue weighted by Gasteiger charge is -2.21. The molecule has 1 N–H and O–H groups in total. The summed E-state index contributed by atoms with van der Waals surface area (Å²) in [6.45, 7) is 4.97. The van der Waals surface area contributed by atoms with Crippen molar-refractivity contribution in [3.8, 4) is 0 Å². The van der Waals surface area contributed by atoms with Crippen LogP contribution in [0.25, 0.3) is 0 Å². The molecule has 1 saturated carbocycles. The molecule has 0 amide bonds. The fraction of sp³-hybridized carbons (Fsp3) is 0.714. The lowest BCUT2D eigenvalue weighted by molar-refractivity contribution is 0.544. The van der Waals surface area contributed by atoms with E-state index in [1.807, 2.05) is 12.4 Å². The Labute approximate surface area is 110 Å². The summed E-state index contributed by atoms with van der Waals surface area (Å²) in [4.78, 5) is 11.2. The van der Waals surface area contributed by atoms with Gasteiger partial charge in [-0.3, -0.25) is 4.98 Å². The van der Waals surface area contributed by atoms with E-state index in [9.17, 15) is 0 Å². The average Bonchev–Trinajstić information content (AvgIpc) is 2.89. The second kappa shape index (κ2) is 6.69. The maximum absolute atomic E-state index is 4.50. The molecule has 18 heavy (non-hydrogen) atoms. The van der Waals surface area contributed by atoms with Crippen molar-refractivity contribution in [3.63, 3.8) is 0 Å². The van der Waals surface area contributed by atoms with Gasteiger partial charge in [-0.25, -0.2) is 4.98 Å². The van der Waals surface area contributed by atoms with Crippen LogP contribution in [0.5, 0.6) is 0 Å². The summed E-state index contributed by atoms with van der Waals surface area (Å²) in [5.41, 5.74) is 1.01. The molecule has 2 rings (SSSR count). The Morgan fingerprint density at radius 3 is 2.67 bits per heavy atom. The Kier molecular flexibility index (Phi) is 4.93. The number of aromatic nitrogens is 2. The van der Waals surface area contributed by atoms with E-state index < -0.39 is 0 Å². The van der Waals surface area contributed by atoms with Crippen LogP contribution in [-0.4, -0.2) is 30.1 Å². The second-order valence-corrected chi connectivity index (χ2v) is 5.18. The first-order valence-electron chi connectivity index (χ1n) is 7.02. The van der Waals surface area contributed by atoms with Crippen LogP contribution >= 0.6 is 0 Å². The van der Waals surface area contributed by atoms with Crippen molar-refractivity contribution < 1.29 is 0 Å². The van der Waals surface area contributed by atoms with Gasteiger partial charge >= 0.3 is 0 Å². The van der Waals surface area contributed by atoms with Gasteiger partial charge in [-0.15, -0.1) is 0 Å². The first-order valence-corrected chi connectivity index (χ1v) is 7.02. The number of hydrogen-bond acceptors (Lipinski definition) is 4. The third-order valence-corrected chi connectivity index (χ3v) is 3.65. The Bertz CT molecular complexity index is 343. The highest BCUT2D eigenvalue weighted by Gasteiger charge is 2.17. The second-order valence-electron chi connectivity index (χ2n) is 5.18. The first kappa shape index (κ1) is 13.3. The zero-order valence-electron chi connectivity index (χ0n) is 11.5. The standard InChI is InChI=1S/C14H24N4/c1-3-15-8-13-9-17-14(10-16-13)18(2)11-12-6-4-5-7-12/h9-10,12,15H,3-8,11H2,1-2H3. The van der Waals surface area contributed by atoms with Crippen LogP contribution in [-0.2, 0) is 6.54 Å². The monoisotopic (exact) mass is 248 g/mol. The van der Waals surface area contributed by atoms with Crippen molar-refractivity contribution in [2.75, 3.05) is 25.0 Å². The van der Waals surface area contributed by atoms with Crippen LogP contribution in [0.1, 0.15) is 38.3 Å². The minimum absolute atomic E-state index is 0.802. The molecule has 0 atom stereocenters. The van der Waals surface area contributed by atoms with Crippen LogP contribution in [0, 0.1) is 5.92 Å². The van der Waals surface area contributed by atoms with E-state index in [2.05, 4.69) is 34.2 Å². The molecule has 0 unspecified atom stereocenters. The maximum Gasteiger partial charge on any atom is 0.146 e. The van der Waals surface area contributed by atoms with Gasteiger partial charge in [0.05, 0.1) is 18.1 Å². The fourth-order valence-electron chi connectivity index (χ4n) is 2.56. The number of anilines is 1. The van der Waals surface area contributed by atoms with E-state index in [-0.39, 0.29) is 0 Å². The highest BCUT2D eigenvalue weighted by molar-refractivity contribution is 5.34. The van der Waals surface area contributed by atoms with Gasteiger partial charge in [-0.2, -0.15) is 0 Å². The molecule has 1 aromatic heterocycles. The molecule has 0 radical (unpaired) electrons. The third kappa shape index (κ3) is 3.67. The summed E-state index contributed by atoms with van der Waals surface area (Å²) in [6.07, 6.45) is 9.30. The summed E-state index contributed by atoms with van der Waals surface area (Å²) >= 11 is 0. The molecule has 1 aliphatic rings. The molecule has 1 fully saturated rings. The predicted octanol–water partition coefficient (Wildman–Crippen LogP) is 2.21. The zero-order valence-corrected chi connectivity index (χ0v) is 11.5. The summed E-state index contributed by atoms with van der Waals surface area (Å²) in [7, 11) is 2.12. The van der Waals surface area contributed by atoms with Crippen molar-refractivity contribution >= 4 is 5.82 Å². The summed E-state index contributed by atoms with van der Waals surface area (Å²) in [5, 5.41) is 3.26. The van der Waals surface area contributed by atoms with Crippen molar-refractivity contribution in [1.29, 1.82) is 0 Å². The van der Waals surface area contributed by atoms with Crippen LogP contribution in [0.2, 0.25) is 0 Å². The van der Waals surface area contributed by atoms with Crippen LogP contribution in [0.3, 0.4) is 0 Å². The molecule has 0 aliphatic heterocycles. The zero-order chi connectivity index (χ0) is 12.8. The van der Waals surface area contributed by atoms with Gasteiger partial charge in [0.15, 0.2) is 0 Å². The van der Waals surface area contributed by atoms with Crippen molar-refractivity contribution in [2.24, 2.45) is 5.92 Å². The molecule has 1 aliphatic carbocycles. The molecular formula is C14H24N4. The van der Waals surface area contributed by atoms with Gasteiger partial charge in [0.25, 0.3) is 0 Å². The molecule has 0 saturated heterocycles. The van der Waals surface area contributed by atoms with Gasteiger partial charge in [-0.1, -0.05) is 19.8 Å². The largest absolute Gasteiger partial charge is 0.358 e. The average molecular weight is 248 g/mol. The number of nitrogens with one attached hydrogen (secondary N) is 1. The topological polar surface area (TPSA) is 41.1 Å². The van der Waals surface area contributed by atoms with Gasteiger partial charge in [-0.05, 0) is 25.3 Å². The van der Waals surface area contributed by atoms with Crippen LogP contribution < -0.4 is 10.2 Å². The molecule has 100 valence electrons. The molecule has 0 spiro atoms. The van der Waals surface area contributed by atoms with E-state index in [0.717, 1.165) is 37.1 Å². The Morgan fingerprint density at radius 1 is 1.28 bits per heavy atom. The summed E-state index contributed by atoms with van der Waals surface area (Å²) in [6, 6.07) is 0. The predicted molar refractivity (Wildman–Crippen MR) is 74.6 cm³/mol. The number of nitrogens with zero attached hydrogens (tertiary/aromatic N) is 3.